The first-order chi connectivity index (χ1) is 9.13. The number of hydrogen-bond donors (Lipinski definition) is 3. The molecule has 1 aromatic carbocycles. The molecule has 0 saturated carbocycles. The fourth-order valence-electron chi connectivity index (χ4n) is 2.30. The van der Waals surface area contributed by atoms with Crippen LogP contribution in [0.2, 0.25) is 0 Å². The van der Waals surface area contributed by atoms with Gasteiger partial charge in [-0.3, -0.25) is 4.90 Å². The molecule has 104 valence electrons. The maximum Gasteiger partial charge on any atom is 0.104 e. The summed E-state index contributed by atoms with van der Waals surface area (Å²) in [5.74, 6) is 0.911. The highest BCUT2D eigenvalue weighted by atomic mass is 16.3. The van der Waals surface area contributed by atoms with Crippen molar-refractivity contribution in [2.75, 3.05) is 20.3 Å². The fraction of sp³-hybridized carbons (Fsp3) is 0.500. The van der Waals surface area contributed by atoms with E-state index >= 15 is 0 Å². The summed E-state index contributed by atoms with van der Waals surface area (Å²) < 4.78 is 0. The van der Waals surface area contributed by atoms with Crippen LogP contribution < -0.4 is 0 Å². The minimum Gasteiger partial charge on any atom is -0.396 e. The Kier molecular flexibility index (Phi) is 4.52. The molecule has 2 aromatic rings. The van der Waals surface area contributed by atoms with Crippen LogP contribution in [0.3, 0.4) is 0 Å². The molecule has 0 fully saturated rings. The van der Waals surface area contributed by atoms with Crippen molar-refractivity contribution in [1.29, 1.82) is 0 Å². The number of benzene rings is 1. The van der Waals surface area contributed by atoms with Gasteiger partial charge in [-0.2, -0.15) is 0 Å². The average molecular weight is 263 g/mol. The summed E-state index contributed by atoms with van der Waals surface area (Å²) in [5.41, 5.74) is 3.17. The predicted octanol–water partition coefficient (Wildman–Crippen LogP) is 1.05. The standard InChI is InChI=1S/C14H21N3O2/c1-10-15-13-4-3-11(7-14(13)16-10)8-17(2)12(9-19)5-6-18/h3-4,7,12,18-19H,5-6,8-9H2,1-2H3,(H,15,16). The van der Waals surface area contributed by atoms with Gasteiger partial charge in [-0.25, -0.2) is 4.98 Å². The molecule has 0 aliphatic rings. The van der Waals surface area contributed by atoms with Gasteiger partial charge in [0, 0.05) is 19.2 Å². The van der Waals surface area contributed by atoms with E-state index in [-0.39, 0.29) is 19.3 Å². The number of imidazole rings is 1. The van der Waals surface area contributed by atoms with Crippen LogP contribution in [-0.4, -0.2) is 51.4 Å². The fourth-order valence-corrected chi connectivity index (χ4v) is 2.30. The number of hydrogen-bond acceptors (Lipinski definition) is 4. The molecule has 1 atom stereocenters. The zero-order valence-corrected chi connectivity index (χ0v) is 11.4. The summed E-state index contributed by atoms with van der Waals surface area (Å²) >= 11 is 0. The molecule has 0 bridgehead atoms. The van der Waals surface area contributed by atoms with Gasteiger partial charge in [0.2, 0.25) is 0 Å². The smallest absolute Gasteiger partial charge is 0.104 e. The monoisotopic (exact) mass is 263 g/mol. The lowest BCUT2D eigenvalue weighted by molar-refractivity contribution is 0.115. The molecule has 2 rings (SSSR count). The lowest BCUT2D eigenvalue weighted by atomic mass is 10.1. The molecular weight excluding hydrogens is 242 g/mol. The molecule has 0 aliphatic heterocycles. The number of aliphatic hydroxyl groups excluding tert-OH is 2. The molecule has 3 N–H and O–H groups in total. The van der Waals surface area contributed by atoms with Gasteiger partial charge >= 0.3 is 0 Å². The average Bonchev–Trinajstić information content (AvgIpc) is 2.75. The van der Waals surface area contributed by atoms with Gasteiger partial charge in [-0.15, -0.1) is 0 Å². The molecule has 5 nitrogen and oxygen atoms in total. The number of fused-ring (bicyclic) bond motifs is 1. The highest BCUT2D eigenvalue weighted by molar-refractivity contribution is 5.75. The van der Waals surface area contributed by atoms with Crippen LogP contribution >= 0.6 is 0 Å². The maximum atomic E-state index is 9.31. The van der Waals surface area contributed by atoms with Crippen LogP contribution in [0.25, 0.3) is 11.0 Å². The van der Waals surface area contributed by atoms with Crippen molar-refractivity contribution >= 4 is 11.0 Å². The van der Waals surface area contributed by atoms with Gasteiger partial charge in [0.05, 0.1) is 17.6 Å². The summed E-state index contributed by atoms with van der Waals surface area (Å²) in [7, 11) is 1.96. The molecule has 1 heterocycles. The quantitative estimate of drug-likeness (QED) is 0.728. The topological polar surface area (TPSA) is 72.4 Å². The SMILES string of the molecule is Cc1nc2ccc(CN(C)C(CO)CCO)cc2[nH]1. The number of aromatic amines is 1. The second-order valence-corrected chi connectivity index (χ2v) is 4.94. The Labute approximate surface area is 112 Å². The van der Waals surface area contributed by atoms with E-state index in [0.717, 1.165) is 29.0 Å². The van der Waals surface area contributed by atoms with Crippen molar-refractivity contribution in [3.05, 3.63) is 29.6 Å². The third-order valence-corrected chi connectivity index (χ3v) is 3.39. The number of aryl methyl sites for hydroxylation is 1. The number of nitrogens with zero attached hydrogens (tertiary/aromatic N) is 2. The minimum absolute atomic E-state index is 0.0100. The van der Waals surface area contributed by atoms with Crippen LogP contribution in [0.15, 0.2) is 18.2 Å². The molecule has 0 aliphatic carbocycles. The number of H-pyrrole nitrogens is 1. The molecule has 5 heteroatoms. The van der Waals surface area contributed by atoms with E-state index < -0.39 is 0 Å². The first-order valence-corrected chi connectivity index (χ1v) is 6.51. The highest BCUT2D eigenvalue weighted by Gasteiger charge is 2.13. The molecule has 0 amide bonds. The van der Waals surface area contributed by atoms with E-state index in [1.807, 2.05) is 26.1 Å². The van der Waals surface area contributed by atoms with Gasteiger partial charge < -0.3 is 15.2 Å². The number of nitrogens with one attached hydrogen (secondary N) is 1. The van der Waals surface area contributed by atoms with Gasteiger partial charge in [-0.1, -0.05) is 6.07 Å². The van der Waals surface area contributed by atoms with Gasteiger partial charge in [0.1, 0.15) is 5.82 Å². The third kappa shape index (κ3) is 3.32. The van der Waals surface area contributed by atoms with E-state index in [0.29, 0.717) is 6.42 Å². The molecule has 0 spiro atoms. The molecule has 0 saturated heterocycles. The largest absolute Gasteiger partial charge is 0.396 e. The molecule has 0 radical (unpaired) electrons. The normalized spacial score (nSPS) is 13.3. The number of aliphatic hydroxyl groups is 2. The second kappa shape index (κ2) is 6.14. The summed E-state index contributed by atoms with van der Waals surface area (Å²) in [6.07, 6.45) is 0.582. The van der Waals surface area contributed by atoms with E-state index in [9.17, 15) is 5.11 Å². The van der Waals surface area contributed by atoms with E-state index in [4.69, 9.17) is 5.11 Å². The first-order valence-electron chi connectivity index (χ1n) is 6.51. The number of aromatic nitrogens is 2. The number of rotatable bonds is 6. The molecule has 1 unspecified atom stereocenters. The Morgan fingerprint density at radius 1 is 1.37 bits per heavy atom. The summed E-state index contributed by atoms with van der Waals surface area (Å²) in [5, 5.41) is 18.3. The first kappa shape index (κ1) is 14.0. The van der Waals surface area contributed by atoms with Crippen molar-refractivity contribution in [3.8, 4) is 0 Å². The van der Waals surface area contributed by atoms with Crippen molar-refractivity contribution in [3.63, 3.8) is 0 Å². The van der Waals surface area contributed by atoms with Crippen LogP contribution in [0.5, 0.6) is 0 Å². The third-order valence-electron chi connectivity index (χ3n) is 3.39. The Balaban J connectivity index is 2.11. The van der Waals surface area contributed by atoms with Crippen molar-refractivity contribution in [2.45, 2.75) is 25.9 Å². The maximum absolute atomic E-state index is 9.31. The lowest BCUT2D eigenvalue weighted by Crippen LogP contribution is -2.35. The van der Waals surface area contributed by atoms with E-state index in [1.165, 1.54) is 0 Å². The van der Waals surface area contributed by atoms with Crippen molar-refractivity contribution < 1.29 is 10.2 Å². The van der Waals surface area contributed by atoms with Crippen molar-refractivity contribution in [1.82, 2.24) is 14.9 Å². The Bertz CT molecular complexity index is 538. The zero-order valence-electron chi connectivity index (χ0n) is 11.4. The van der Waals surface area contributed by atoms with E-state index in [1.54, 1.807) is 0 Å². The molecule has 1 aromatic heterocycles. The Morgan fingerprint density at radius 2 is 2.16 bits per heavy atom. The molecule has 19 heavy (non-hydrogen) atoms. The Hall–Kier alpha value is -1.43. The van der Waals surface area contributed by atoms with E-state index in [2.05, 4.69) is 20.9 Å². The summed E-state index contributed by atoms with van der Waals surface area (Å²) in [6, 6.07) is 6.12. The molecular formula is C14H21N3O2. The summed E-state index contributed by atoms with van der Waals surface area (Å²) in [6.45, 7) is 2.82. The van der Waals surface area contributed by atoms with Crippen LogP contribution in [0, 0.1) is 6.92 Å². The van der Waals surface area contributed by atoms with Crippen LogP contribution in [0.4, 0.5) is 0 Å². The summed E-state index contributed by atoms with van der Waals surface area (Å²) in [4.78, 5) is 9.65. The van der Waals surface area contributed by atoms with Gasteiger partial charge in [0.25, 0.3) is 0 Å². The van der Waals surface area contributed by atoms with Crippen LogP contribution in [0.1, 0.15) is 17.8 Å². The lowest BCUT2D eigenvalue weighted by Gasteiger charge is -2.25. The predicted molar refractivity (Wildman–Crippen MR) is 74.9 cm³/mol. The van der Waals surface area contributed by atoms with Gasteiger partial charge in [0.15, 0.2) is 0 Å². The highest BCUT2D eigenvalue weighted by Crippen LogP contribution is 2.15. The van der Waals surface area contributed by atoms with Gasteiger partial charge in [-0.05, 0) is 38.1 Å². The second-order valence-electron chi connectivity index (χ2n) is 4.94. The minimum atomic E-state index is -0.0100. The van der Waals surface area contributed by atoms with Crippen molar-refractivity contribution in [2.24, 2.45) is 0 Å². The zero-order chi connectivity index (χ0) is 13.8. The Morgan fingerprint density at radius 3 is 2.84 bits per heavy atom. The van der Waals surface area contributed by atoms with Crippen LogP contribution in [-0.2, 0) is 6.54 Å². The number of likely N-dealkylation sites (N-methyl/N-ethyl adjacent to an activating group) is 1.